The minimum atomic E-state index is -0.266. The first-order valence-corrected chi connectivity index (χ1v) is 9.64. The zero-order valence-electron chi connectivity index (χ0n) is 15.8. The van der Waals surface area contributed by atoms with Crippen molar-refractivity contribution >= 4 is 23.5 Å². The summed E-state index contributed by atoms with van der Waals surface area (Å²) in [6, 6.07) is 7.34. The van der Waals surface area contributed by atoms with Crippen LogP contribution in [0.4, 0.5) is 5.95 Å². The summed E-state index contributed by atoms with van der Waals surface area (Å²) in [7, 11) is 1.79. The maximum Gasteiger partial charge on any atom is 0.261 e. The molecule has 0 radical (unpaired) electrons. The van der Waals surface area contributed by atoms with Gasteiger partial charge in [-0.25, -0.2) is 9.36 Å². The topological polar surface area (TPSA) is 89.7 Å². The molecule has 3 aromatic rings. The largest absolute Gasteiger partial charge is 0.317 e. The van der Waals surface area contributed by atoms with Crippen LogP contribution in [0.3, 0.4) is 0 Å². The second-order valence-electron chi connectivity index (χ2n) is 6.93. The average Bonchev–Trinajstić information content (AvgIpc) is 3.25. The number of carbonyl (C=O) groups excluding carboxylic acids is 1. The number of aromatic nitrogens is 5. The van der Waals surface area contributed by atoms with Crippen molar-refractivity contribution in [2.75, 3.05) is 18.4 Å². The smallest absolute Gasteiger partial charge is 0.261 e. The van der Waals surface area contributed by atoms with Crippen molar-refractivity contribution in [2.24, 2.45) is 7.05 Å². The van der Waals surface area contributed by atoms with E-state index in [1.807, 2.05) is 19.1 Å². The van der Waals surface area contributed by atoms with Gasteiger partial charge in [-0.2, -0.15) is 15.2 Å². The van der Waals surface area contributed by atoms with Crippen LogP contribution in [0.1, 0.15) is 40.6 Å². The molecule has 0 atom stereocenters. The lowest BCUT2D eigenvalue weighted by Gasteiger charge is -2.19. The third-order valence-corrected chi connectivity index (χ3v) is 5.25. The van der Waals surface area contributed by atoms with Gasteiger partial charge in [0.25, 0.3) is 5.91 Å². The molecule has 28 heavy (non-hydrogen) atoms. The number of rotatable bonds is 4. The summed E-state index contributed by atoms with van der Waals surface area (Å²) in [4.78, 5) is 17.4. The third-order valence-electron chi connectivity index (χ3n) is 5.02. The van der Waals surface area contributed by atoms with Gasteiger partial charge in [-0.15, -0.1) is 0 Å². The maximum absolute atomic E-state index is 12.8. The number of aryl methyl sites for hydroxylation is 1. The van der Waals surface area contributed by atoms with Crippen molar-refractivity contribution < 1.29 is 4.79 Å². The van der Waals surface area contributed by atoms with Crippen molar-refractivity contribution in [3.05, 3.63) is 52.6 Å². The van der Waals surface area contributed by atoms with Crippen LogP contribution in [0.25, 0.3) is 5.69 Å². The molecule has 9 heteroatoms. The third kappa shape index (κ3) is 3.65. The van der Waals surface area contributed by atoms with Gasteiger partial charge in [-0.05, 0) is 51.1 Å². The molecule has 1 aromatic carbocycles. The van der Waals surface area contributed by atoms with Crippen LogP contribution in [0.15, 0.2) is 30.5 Å². The molecule has 0 unspecified atom stereocenters. The van der Waals surface area contributed by atoms with Crippen LogP contribution in [0.5, 0.6) is 0 Å². The zero-order valence-corrected chi connectivity index (χ0v) is 16.6. The van der Waals surface area contributed by atoms with E-state index in [4.69, 9.17) is 11.6 Å². The molecule has 146 valence electrons. The van der Waals surface area contributed by atoms with Gasteiger partial charge >= 0.3 is 0 Å². The van der Waals surface area contributed by atoms with Crippen LogP contribution in [-0.4, -0.2) is 43.5 Å². The first-order valence-electron chi connectivity index (χ1n) is 9.26. The predicted molar refractivity (Wildman–Crippen MR) is 107 cm³/mol. The molecule has 2 N–H and O–H groups in total. The van der Waals surface area contributed by atoms with Gasteiger partial charge in [-0.1, -0.05) is 17.7 Å². The molecular formula is C19H22ClN7O. The minimum Gasteiger partial charge on any atom is -0.317 e. The number of amides is 1. The molecule has 1 fully saturated rings. The van der Waals surface area contributed by atoms with Crippen molar-refractivity contribution in [1.29, 1.82) is 0 Å². The normalized spacial score (nSPS) is 15.0. The highest BCUT2D eigenvalue weighted by Crippen LogP contribution is 2.24. The molecule has 0 saturated carbocycles. The monoisotopic (exact) mass is 399 g/mol. The van der Waals surface area contributed by atoms with E-state index in [1.54, 1.807) is 34.7 Å². The molecule has 1 saturated heterocycles. The molecule has 3 heterocycles. The SMILES string of the molecule is Cc1c(C(=O)Nc2nc(C3CCNCC3)nn2C)cnn1-c1cccc(Cl)c1. The molecule has 0 spiro atoms. The number of piperidine rings is 1. The predicted octanol–water partition coefficient (Wildman–Crippen LogP) is 2.68. The van der Waals surface area contributed by atoms with Gasteiger partial charge in [0.2, 0.25) is 5.95 Å². The van der Waals surface area contributed by atoms with Gasteiger partial charge < -0.3 is 5.32 Å². The molecule has 0 aliphatic carbocycles. The maximum atomic E-state index is 12.8. The Balaban J connectivity index is 1.54. The van der Waals surface area contributed by atoms with Crippen LogP contribution >= 0.6 is 11.6 Å². The van der Waals surface area contributed by atoms with Gasteiger partial charge in [0.05, 0.1) is 23.1 Å². The van der Waals surface area contributed by atoms with Crippen molar-refractivity contribution in [2.45, 2.75) is 25.7 Å². The summed E-state index contributed by atoms with van der Waals surface area (Å²) in [5, 5.41) is 15.6. The molecule has 1 aliphatic heterocycles. The van der Waals surface area contributed by atoms with Crippen LogP contribution in [-0.2, 0) is 7.05 Å². The first kappa shape index (κ1) is 18.6. The Bertz CT molecular complexity index is 1000. The lowest BCUT2D eigenvalue weighted by atomic mass is 9.98. The highest BCUT2D eigenvalue weighted by molar-refractivity contribution is 6.30. The van der Waals surface area contributed by atoms with E-state index in [0.29, 0.717) is 22.5 Å². The van der Waals surface area contributed by atoms with E-state index in [9.17, 15) is 4.79 Å². The van der Waals surface area contributed by atoms with E-state index in [1.165, 1.54) is 0 Å². The Morgan fingerprint density at radius 2 is 2.11 bits per heavy atom. The number of halogens is 1. The number of anilines is 1. The lowest BCUT2D eigenvalue weighted by Crippen LogP contribution is -2.27. The Morgan fingerprint density at radius 1 is 1.32 bits per heavy atom. The van der Waals surface area contributed by atoms with Gasteiger partial charge in [-0.3, -0.25) is 10.1 Å². The van der Waals surface area contributed by atoms with Gasteiger partial charge in [0, 0.05) is 18.0 Å². The molecule has 8 nitrogen and oxygen atoms in total. The van der Waals surface area contributed by atoms with Crippen LogP contribution in [0.2, 0.25) is 5.02 Å². The summed E-state index contributed by atoms with van der Waals surface area (Å²) in [5.41, 5.74) is 2.00. The van der Waals surface area contributed by atoms with Crippen molar-refractivity contribution in [3.8, 4) is 5.69 Å². The fourth-order valence-electron chi connectivity index (χ4n) is 3.44. The summed E-state index contributed by atoms with van der Waals surface area (Å²) < 4.78 is 3.31. The zero-order chi connectivity index (χ0) is 19.7. The molecule has 1 amide bonds. The van der Waals surface area contributed by atoms with Crippen LogP contribution in [0, 0.1) is 6.92 Å². The van der Waals surface area contributed by atoms with Gasteiger partial charge in [0.1, 0.15) is 0 Å². The Labute approximate surface area is 167 Å². The van der Waals surface area contributed by atoms with E-state index in [2.05, 4.69) is 25.8 Å². The van der Waals surface area contributed by atoms with Crippen LogP contribution < -0.4 is 10.6 Å². The highest BCUT2D eigenvalue weighted by atomic mass is 35.5. The van der Waals surface area contributed by atoms with E-state index < -0.39 is 0 Å². The summed E-state index contributed by atoms with van der Waals surface area (Å²) >= 11 is 6.07. The molecule has 2 aromatic heterocycles. The number of carbonyl (C=O) groups is 1. The lowest BCUT2D eigenvalue weighted by molar-refractivity contribution is 0.102. The second kappa shape index (κ2) is 7.73. The molecule has 1 aliphatic rings. The fraction of sp³-hybridized carbons (Fsp3) is 0.368. The minimum absolute atomic E-state index is 0.266. The molecular weight excluding hydrogens is 378 g/mol. The quantitative estimate of drug-likeness (QED) is 0.704. The highest BCUT2D eigenvalue weighted by Gasteiger charge is 2.22. The number of hydrogen-bond donors (Lipinski definition) is 2. The van der Waals surface area contributed by atoms with E-state index in [0.717, 1.165) is 43.1 Å². The number of nitrogens with one attached hydrogen (secondary N) is 2. The number of benzene rings is 1. The average molecular weight is 400 g/mol. The summed E-state index contributed by atoms with van der Waals surface area (Å²) in [6.07, 6.45) is 3.56. The fourth-order valence-corrected chi connectivity index (χ4v) is 3.62. The Morgan fingerprint density at radius 3 is 2.86 bits per heavy atom. The number of hydrogen-bond acceptors (Lipinski definition) is 5. The van der Waals surface area contributed by atoms with Crippen molar-refractivity contribution in [3.63, 3.8) is 0 Å². The number of nitrogens with zero attached hydrogens (tertiary/aromatic N) is 5. The summed E-state index contributed by atoms with van der Waals surface area (Å²) in [6.45, 7) is 3.78. The first-order chi connectivity index (χ1) is 13.5. The standard InChI is InChI=1S/C19H22ClN7O/c1-12-16(11-22-27(12)15-5-3-4-14(20)10-15)18(28)24-19-23-17(25-26(19)2)13-6-8-21-9-7-13/h3-5,10-11,13,21H,6-9H2,1-2H3,(H,23,24,25,28). The molecule has 0 bridgehead atoms. The van der Waals surface area contributed by atoms with E-state index >= 15 is 0 Å². The molecule has 4 rings (SSSR count). The van der Waals surface area contributed by atoms with Gasteiger partial charge in [0.15, 0.2) is 5.82 Å². The van der Waals surface area contributed by atoms with E-state index in [-0.39, 0.29) is 5.91 Å². The van der Waals surface area contributed by atoms with Crippen molar-refractivity contribution in [1.82, 2.24) is 29.9 Å². The summed E-state index contributed by atoms with van der Waals surface area (Å²) in [5.74, 6) is 1.28. The Kier molecular flexibility index (Phi) is 5.15. The second-order valence-corrected chi connectivity index (χ2v) is 7.37. The Hall–Kier alpha value is -2.71.